The number of likely N-dealkylation sites (tertiary alicyclic amines) is 1. The minimum atomic E-state index is 0.0657. The average Bonchev–Trinajstić information content (AvgIpc) is 2.84. The molecule has 0 spiro atoms. The maximum Gasteiger partial charge on any atom is 0.222 e. The molecule has 2 rings (SSSR count). The highest BCUT2D eigenvalue weighted by Gasteiger charge is 2.21. The number of anilines is 1. The molecule has 2 heterocycles. The Balaban J connectivity index is 1.91. The van der Waals surface area contributed by atoms with Crippen LogP contribution in [0, 0.1) is 5.41 Å². The van der Waals surface area contributed by atoms with E-state index in [1.807, 2.05) is 12.4 Å². The van der Waals surface area contributed by atoms with E-state index in [0.717, 1.165) is 19.6 Å². The molecule has 1 atom stereocenters. The van der Waals surface area contributed by atoms with Gasteiger partial charge in [0.15, 0.2) is 0 Å². The van der Waals surface area contributed by atoms with Gasteiger partial charge in [0.1, 0.15) is 0 Å². The van der Waals surface area contributed by atoms with Crippen LogP contribution in [0.3, 0.4) is 0 Å². The zero-order valence-electron chi connectivity index (χ0n) is 12.2. The fourth-order valence-electron chi connectivity index (χ4n) is 2.24. The Kier molecular flexibility index (Phi) is 4.37. The maximum absolute atomic E-state index is 5.70. The summed E-state index contributed by atoms with van der Waals surface area (Å²) in [5.74, 6) is 1.27. The first-order valence-electron chi connectivity index (χ1n) is 6.94. The summed E-state index contributed by atoms with van der Waals surface area (Å²) in [5.41, 5.74) is 7.01. The van der Waals surface area contributed by atoms with Crippen LogP contribution < -0.4 is 11.1 Å². The van der Waals surface area contributed by atoms with Crippen molar-refractivity contribution in [2.24, 2.45) is 11.1 Å². The molecule has 19 heavy (non-hydrogen) atoms. The third-order valence-corrected chi connectivity index (χ3v) is 3.81. The second kappa shape index (κ2) is 5.84. The summed E-state index contributed by atoms with van der Waals surface area (Å²) >= 11 is 0. The molecule has 1 aliphatic rings. The highest BCUT2D eigenvalue weighted by molar-refractivity contribution is 5.27. The van der Waals surface area contributed by atoms with E-state index >= 15 is 0 Å². The van der Waals surface area contributed by atoms with E-state index in [1.54, 1.807) is 0 Å². The van der Waals surface area contributed by atoms with Crippen molar-refractivity contribution >= 4 is 5.95 Å². The Hall–Kier alpha value is -1.20. The largest absolute Gasteiger partial charge is 0.354 e. The van der Waals surface area contributed by atoms with Crippen LogP contribution in [0.25, 0.3) is 0 Å². The van der Waals surface area contributed by atoms with Crippen LogP contribution in [0.2, 0.25) is 0 Å². The van der Waals surface area contributed by atoms with Gasteiger partial charge in [0, 0.05) is 31.4 Å². The van der Waals surface area contributed by atoms with Crippen LogP contribution in [0.5, 0.6) is 0 Å². The second-order valence-electron chi connectivity index (χ2n) is 6.31. The normalized spacial score (nSPS) is 20.7. The van der Waals surface area contributed by atoms with E-state index in [0.29, 0.717) is 18.4 Å². The Morgan fingerprint density at radius 3 is 2.63 bits per heavy atom. The first-order valence-corrected chi connectivity index (χ1v) is 6.94. The molecule has 0 saturated carbocycles. The number of hydrogen-bond donors (Lipinski definition) is 2. The van der Waals surface area contributed by atoms with E-state index in [2.05, 4.69) is 41.1 Å². The lowest BCUT2D eigenvalue weighted by molar-refractivity contribution is 0.404. The van der Waals surface area contributed by atoms with E-state index in [9.17, 15) is 0 Å². The molecule has 0 radical (unpaired) electrons. The van der Waals surface area contributed by atoms with Crippen molar-refractivity contribution in [1.82, 2.24) is 14.9 Å². The van der Waals surface area contributed by atoms with Gasteiger partial charge in [-0.05, 0) is 37.5 Å². The molecular formula is C14H25N5. The van der Waals surface area contributed by atoms with Gasteiger partial charge < -0.3 is 16.0 Å². The highest BCUT2D eigenvalue weighted by atomic mass is 15.1. The van der Waals surface area contributed by atoms with Crippen LogP contribution in [-0.2, 0) is 0 Å². The molecule has 1 fully saturated rings. The monoisotopic (exact) mass is 263 g/mol. The van der Waals surface area contributed by atoms with Crippen LogP contribution >= 0.6 is 0 Å². The number of rotatable bonds is 5. The van der Waals surface area contributed by atoms with Gasteiger partial charge in [-0.1, -0.05) is 13.8 Å². The second-order valence-corrected chi connectivity index (χ2v) is 6.31. The van der Waals surface area contributed by atoms with Gasteiger partial charge in [0.2, 0.25) is 5.95 Å². The molecular weight excluding hydrogens is 238 g/mol. The summed E-state index contributed by atoms with van der Waals surface area (Å²) < 4.78 is 0. The van der Waals surface area contributed by atoms with Crippen molar-refractivity contribution in [1.29, 1.82) is 0 Å². The molecule has 3 N–H and O–H groups in total. The zero-order chi connectivity index (χ0) is 13.9. The lowest BCUT2D eigenvalue weighted by atomic mass is 9.94. The van der Waals surface area contributed by atoms with Gasteiger partial charge in [-0.25, -0.2) is 9.97 Å². The summed E-state index contributed by atoms with van der Waals surface area (Å²) in [6.07, 6.45) is 5.11. The smallest absolute Gasteiger partial charge is 0.222 e. The van der Waals surface area contributed by atoms with Crippen LogP contribution in [0.1, 0.15) is 31.7 Å². The topological polar surface area (TPSA) is 67.1 Å². The maximum atomic E-state index is 5.70. The van der Waals surface area contributed by atoms with Gasteiger partial charge in [0.25, 0.3) is 0 Å². The van der Waals surface area contributed by atoms with Crippen LogP contribution in [-0.4, -0.2) is 48.1 Å². The lowest BCUT2D eigenvalue weighted by Crippen LogP contribution is -2.31. The zero-order valence-corrected chi connectivity index (χ0v) is 12.2. The number of nitrogens with one attached hydrogen (secondary N) is 1. The Morgan fingerprint density at radius 2 is 2.11 bits per heavy atom. The van der Waals surface area contributed by atoms with Gasteiger partial charge in [-0.2, -0.15) is 0 Å². The van der Waals surface area contributed by atoms with Crippen molar-refractivity contribution in [3.63, 3.8) is 0 Å². The minimum absolute atomic E-state index is 0.0657. The van der Waals surface area contributed by atoms with E-state index in [-0.39, 0.29) is 5.41 Å². The first-order chi connectivity index (χ1) is 9.00. The van der Waals surface area contributed by atoms with Crippen molar-refractivity contribution < 1.29 is 0 Å². The van der Waals surface area contributed by atoms with Gasteiger partial charge in [-0.3, -0.25) is 0 Å². The summed E-state index contributed by atoms with van der Waals surface area (Å²) in [6.45, 7) is 7.96. The number of aromatic nitrogens is 2. The predicted octanol–water partition coefficient (Wildman–Crippen LogP) is 1.29. The predicted molar refractivity (Wildman–Crippen MR) is 78.2 cm³/mol. The summed E-state index contributed by atoms with van der Waals surface area (Å²) in [5, 5.41) is 3.25. The Bertz CT molecular complexity index is 401. The van der Waals surface area contributed by atoms with Crippen LogP contribution in [0.15, 0.2) is 12.4 Å². The molecule has 5 heteroatoms. The quantitative estimate of drug-likeness (QED) is 0.838. The molecule has 1 unspecified atom stereocenters. The molecule has 1 saturated heterocycles. The third-order valence-electron chi connectivity index (χ3n) is 3.81. The number of likely N-dealkylation sites (N-methyl/N-ethyl adjacent to an activating group) is 1. The number of nitrogens with zero attached hydrogens (tertiary/aromatic N) is 3. The Labute approximate surface area is 115 Å². The fourth-order valence-corrected chi connectivity index (χ4v) is 2.24. The van der Waals surface area contributed by atoms with Crippen molar-refractivity contribution in [2.75, 3.05) is 38.5 Å². The van der Waals surface area contributed by atoms with Crippen molar-refractivity contribution in [2.45, 2.75) is 26.2 Å². The molecule has 0 aromatic carbocycles. The molecule has 106 valence electrons. The standard InChI is InChI=1S/C14H25N5/c1-14(2,9-15)10-18-13-16-6-12(7-17-13)11-4-5-19(3)8-11/h6-7,11H,4-5,8-10,15H2,1-3H3,(H,16,17,18). The Morgan fingerprint density at radius 1 is 1.42 bits per heavy atom. The number of hydrogen-bond acceptors (Lipinski definition) is 5. The molecule has 1 aromatic rings. The number of nitrogens with two attached hydrogens (primary N) is 1. The van der Waals surface area contributed by atoms with E-state index in [4.69, 9.17) is 5.73 Å². The molecule has 1 aliphatic heterocycles. The average molecular weight is 263 g/mol. The van der Waals surface area contributed by atoms with Crippen molar-refractivity contribution in [3.8, 4) is 0 Å². The first kappa shape index (κ1) is 14.2. The van der Waals surface area contributed by atoms with E-state index in [1.165, 1.54) is 12.0 Å². The fraction of sp³-hybridized carbons (Fsp3) is 0.714. The van der Waals surface area contributed by atoms with Gasteiger partial charge in [-0.15, -0.1) is 0 Å². The summed E-state index contributed by atoms with van der Waals surface area (Å²) in [4.78, 5) is 11.2. The van der Waals surface area contributed by atoms with Gasteiger partial charge >= 0.3 is 0 Å². The summed E-state index contributed by atoms with van der Waals surface area (Å²) in [6, 6.07) is 0. The molecule has 0 amide bonds. The van der Waals surface area contributed by atoms with Crippen LogP contribution in [0.4, 0.5) is 5.95 Å². The molecule has 5 nitrogen and oxygen atoms in total. The SMILES string of the molecule is CN1CCC(c2cnc(NCC(C)(C)CN)nc2)C1. The minimum Gasteiger partial charge on any atom is -0.354 e. The molecule has 1 aromatic heterocycles. The molecule has 0 bridgehead atoms. The van der Waals surface area contributed by atoms with Crippen molar-refractivity contribution in [3.05, 3.63) is 18.0 Å². The lowest BCUT2D eigenvalue weighted by Gasteiger charge is -2.22. The third kappa shape index (κ3) is 3.88. The van der Waals surface area contributed by atoms with Gasteiger partial charge in [0.05, 0.1) is 0 Å². The highest BCUT2D eigenvalue weighted by Crippen LogP contribution is 2.25. The molecule has 0 aliphatic carbocycles. The van der Waals surface area contributed by atoms with E-state index < -0.39 is 0 Å². The summed E-state index contributed by atoms with van der Waals surface area (Å²) in [7, 11) is 2.16.